The maximum atomic E-state index is 11.0. The van der Waals surface area contributed by atoms with E-state index in [0.29, 0.717) is 12.5 Å². The van der Waals surface area contributed by atoms with Crippen molar-refractivity contribution < 1.29 is 14.6 Å². The molecule has 0 bridgehead atoms. The summed E-state index contributed by atoms with van der Waals surface area (Å²) >= 11 is 2.04. The van der Waals surface area contributed by atoms with Crippen molar-refractivity contribution in [3.63, 3.8) is 0 Å². The summed E-state index contributed by atoms with van der Waals surface area (Å²) in [7, 11) is 0. The van der Waals surface area contributed by atoms with Crippen LogP contribution in [0.4, 0.5) is 0 Å². The quantitative estimate of drug-likeness (QED) is 0.804. The van der Waals surface area contributed by atoms with E-state index in [-0.39, 0.29) is 11.7 Å². The van der Waals surface area contributed by atoms with Gasteiger partial charge in [-0.05, 0) is 56.5 Å². The summed E-state index contributed by atoms with van der Waals surface area (Å²) in [6, 6.07) is 0. The monoisotopic (exact) mass is 286 g/mol. The summed E-state index contributed by atoms with van der Waals surface area (Å²) in [6.07, 6.45) is 6.18. The van der Waals surface area contributed by atoms with Crippen molar-refractivity contribution in [2.45, 2.75) is 62.8 Å². The molecule has 0 aromatic rings. The summed E-state index contributed by atoms with van der Waals surface area (Å²) in [5.74, 6) is 2.82. The lowest BCUT2D eigenvalue weighted by Crippen LogP contribution is -2.53. The summed E-state index contributed by atoms with van der Waals surface area (Å²) in [6.45, 7) is 3.61. The molecule has 4 heteroatoms. The largest absolute Gasteiger partial charge is 0.389 e. The van der Waals surface area contributed by atoms with E-state index in [2.05, 4.69) is 6.92 Å². The number of hydrogen-bond donors (Lipinski definition) is 1. The molecule has 0 radical (unpaired) electrons. The first-order valence-corrected chi connectivity index (χ1v) is 8.83. The molecule has 3 unspecified atom stereocenters. The molecule has 1 N–H and O–H groups in total. The summed E-state index contributed by atoms with van der Waals surface area (Å²) in [4.78, 5) is 0. The van der Waals surface area contributed by atoms with Gasteiger partial charge in [-0.1, -0.05) is 0 Å². The molecule has 1 spiro atoms. The number of ether oxygens (including phenoxy) is 2. The average Bonchev–Trinajstić information content (AvgIpc) is 2.39. The molecular weight excluding hydrogens is 260 g/mol. The van der Waals surface area contributed by atoms with Crippen LogP contribution in [0.15, 0.2) is 0 Å². The summed E-state index contributed by atoms with van der Waals surface area (Å²) < 4.78 is 11.8. The Hall–Kier alpha value is 0.230. The highest BCUT2D eigenvalue weighted by Gasteiger charge is 2.47. The third-order valence-electron chi connectivity index (χ3n) is 5.24. The highest BCUT2D eigenvalue weighted by molar-refractivity contribution is 7.99. The van der Waals surface area contributed by atoms with Gasteiger partial charge in [0.2, 0.25) is 0 Å². The zero-order valence-electron chi connectivity index (χ0n) is 11.9. The number of rotatable bonds is 1. The predicted molar refractivity (Wildman–Crippen MR) is 77.6 cm³/mol. The minimum absolute atomic E-state index is 0.0748. The van der Waals surface area contributed by atoms with Crippen LogP contribution in [0.3, 0.4) is 0 Å². The van der Waals surface area contributed by atoms with Crippen molar-refractivity contribution >= 4 is 11.8 Å². The zero-order chi connectivity index (χ0) is 13.3. The Kier molecular flexibility index (Phi) is 4.14. The van der Waals surface area contributed by atoms with Crippen LogP contribution in [0.25, 0.3) is 0 Å². The molecule has 3 rings (SSSR count). The normalized spacial score (nSPS) is 43.3. The first kappa shape index (κ1) is 14.2. The van der Waals surface area contributed by atoms with Crippen LogP contribution < -0.4 is 0 Å². The van der Waals surface area contributed by atoms with Gasteiger partial charge in [0.15, 0.2) is 0 Å². The van der Waals surface area contributed by atoms with Gasteiger partial charge >= 0.3 is 0 Å². The molecular formula is C15H26O3S. The molecule has 3 aliphatic heterocycles. The first-order chi connectivity index (χ1) is 9.12. The Morgan fingerprint density at radius 1 is 1.11 bits per heavy atom. The van der Waals surface area contributed by atoms with Crippen molar-refractivity contribution in [3.8, 4) is 0 Å². The molecule has 0 aromatic heterocycles. The first-order valence-electron chi connectivity index (χ1n) is 7.68. The standard InChI is InChI=1S/C15H26O3S/c1-12-10-15(16,3-7-17-12)13-2-6-18-14(11-13)4-8-19-9-5-14/h12-13,16H,2-11H2,1H3. The number of hydrogen-bond acceptors (Lipinski definition) is 4. The fourth-order valence-electron chi connectivity index (χ4n) is 4.04. The van der Waals surface area contributed by atoms with Crippen molar-refractivity contribution in [1.82, 2.24) is 0 Å². The maximum Gasteiger partial charge on any atom is 0.0724 e. The molecule has 3 saturated heterocycles. The van der Waals surface area contributed by atoms with Gasteiger partial charge in [-0.15, -0.1) is 0 Å². The van der Waals surface area contributed by atoms with Crippen LogP contribution in [0, 0.1) is 5.92 Å². The highest BCUT2D eigenvalue weighted by Crippen LogP contribution is 2.46. The van der Waals surface area contributed by atoms with E-state index in [1.54, 1.807) is 0 Å². The Labute approximate surface area is 120 Å². The molecule has 0 saturated carbocycles. The fraction of sp³-hybridized carbons (Fsp3) is 1.00. The second-order valence-electron chi connectivity index (χ2n) is 6.57. The van der Waals surface area contributed by atoms with Gasteiger partial charge in [0, 0.05) is 19.6 Å². The van der Waals surface area contributed by atoms with Crippen LogP contribution in [0.1, 0.15) is 45.4 Å². The molecule has 3 heterocycles. The molecule has 3 fully saturated rings. The Morgan fingerprint density at radius 3 is 2.63 bits per heavy atom. The summed E-state index contributed by atoms with van der Waals surface area (Å²) in [5.41, 5.74) is -0.440. The smallest absolute Gasteiger partial charge is 0.0724 e. The van der Waals surface area contributed by atoms with E-state index in [1.807, 2.05) is 11.8 Å². The molecule has 0 aliphatic carbocycles. The van der Waals surface area contributed by atoms with Gasteiger partial charge in [-0.2, -0.15) is 11.8 Å². The second kappa shape index (κ2) is 5.55. The van der Waals surface area contributed by atoms with Crippen molar-refractivity contribution in [2.24, 2.45) is 5.92 Å². The van der Waals surface area contributed by atoms with Crippen molar-refractivity contribution in [2.75, 3.05) is 24.7 Å². The third kappa shape index (κ3) is 2.97. The SMILES string of the molecule is CC1CC(O)(C2CCOC3(CCSCC3)C2)CCO1. The lowest BCUT2D eigenvalue weighted by atomic mass is 9.70. The van der Waals surface area contributed by atoms with Gasteiger partial charge in [0.1, 0.15) is 0 Å². The van der Waals surface area contributed by atoms with Gasteiger partial charge in [-0.25, -0.2) is 0 Å². The van der Waals surface area contributed by atoms with E-state index in [0.717, 1.165) is 45.1 Å². The van der Waals surface area contributed by atoms with E-state index >= 15 is 0 Å². The molecule has 3 nitrogen and oxygen atoms in total. The molecule has 0 aromatic carbocycles. The van der Waals surface area contributed by atoms with Crippen LogP contribution in [-0.2, 0) is 9.47 Å². The van der Waals surface area contributed by atoms with Crippen molar-refractivity contribution in [3.05, 3.63) is 0 Å². The van der Waals surface area contributed by atoms with Crippen molar-refractivity contribution in [1.29, 1.82) is 0 Å². The van der Waals surface area contributed by atoms with Gasteiger partial charge in [-0.3, -0.25) is 0 Å². The number of thioether (sulfide) groups is 1. The van der Waals surface area contributed by atoms with Crippen LogP contribution in [0.5, 0.6) is 0 Å². The molecule has 0 amide bonds. The van der Waals surface area contributed by atoms with Crippen LogP contribution in [-0.4, -0.2) is 47.1 Å². The van der Waals surface area contributed by atoms with E-state index in [1.165, 1.54) is 11.5 Å². The Balaban J connectivity index is 1.70. The number of aliphatic hydroxyl groups is 1. The predicted octanol–water partition coefficient (Wildman–Crippen LogP) is 2.61. The Bertz CT molecular complexity index is 311. The van der Waals surface area contributed by atoms with Crippen LogP contribution >= 0.6 is 11.8 Å². The Morgan fingerprint density at radius 2 is 1.89 bits per heavy atom. The topological polar surface area (TPSA) is 38.7 Å². The van der Waals surface area contributed by atoms with Gasteiger partial charge < -0.3 is 14.6 Å². The highest BCUT2D eigenvalue weighted by atomic mass is 32.2. The molecule has 3 aliphatic rings. The zero-order valence-corrected chi connectivity index (χ0v) is 12.7. The summed E-state index contributed by atoms with van der Waals surface area (Å²) in [5, 5.41) is 11.0. The van der Waals surface area contributed by atoms with E-state index in [9.17, 15) is 5.11 Å². The molecule has 110 valence electrons. The lowest BCUT2D eigenvalue weighted by molar-refractivity contribution is -0.179. The lowest BCUT2D eigenvalue weighted by Gasteiger charge is -2.49. The fourth-order valence-corrected chi connectivity index (χ4v) is 5.28. The average molecular weight is 286 g/mol. The molecule has 3 atom stereocenters. The van der Waals surface area contributed by atoms with E-state index < -0.39 is 5.60 Å². The van der Waals surface area contributed by atoms with E-state index in [4.69, 9.17) is 9.47 Å². The van der Waals surface area contributed by atoms with Crippen LogP contribution in [0.2, 0.25) is 0 Å². The third-order valence-corrected chi connectivity index (χ3v) is 6.22. The van der Waals surface area contributed by atoms with Gasteiger partial charge in [0.05, 0.1) is 17.3 Å². The minimum atomic E-state index is -0.515. The van der Waals surface area contributed by atoms with Gasteiger partial charge in [0.25, 0.3) is 0 Å². The second-order valence-corrected chi connectivity index (χ2v) is 7.80. The maximum absolute atomic E-state index is 11.0. The molecule has 19 heavy (non-hydrogen) atoms. The minimum Gasteiger partial charge on any atom is -0.389 e.